The Morgan fingerprint density at radius 3 is 1.72 bits per heavy atom. The lowest BCUT2D eigenvalue weighted by Crippen LogP contribution is -2.32. The van der Waals surface area contributed by atoms with E-state index >= 15 is 0 Å². The summed E-state index contributed by atoms with van der Waals surface area (Å²) in [5, 5.41) is 11.0. The Balaban J connectivity index is 1.07. The van der Waals surface area contributed by atoms with Crippen molar-refractivity contribution in [2.75, 3.05) is 0 Å². The number of benzene rings is 10. The van der Waals surface area contributed by atoms with E-state index in [0.29, 0.717) is 5.95 Å². The van der Waals surface area contributed by atoms with Crippen molar-refractivity contribution in [3.05, 3.63) is 222 Å². The molecular formula is C59H33N3S2. The van der Waals surface area contributed by atoms with Crippen LogP contribution in [-0.2, 0) is 5.41 Å². The maximum absolute atomic E-state index is 5.77. The van der Waals surface area contributed by atoms with E-state index in [1.54, 1.807) is 11.3 Å². The van der Waals surface area contributed by atoms with Gasteiger partial charge in [0.25, 0.3) is 0 Å². The first-order valence-corrected chi connectivity index (χ1v) is 23.5. The Hall–Kier alpha value is -7.57. The minimum Gasteiger partial charge on any atom is -0.277 e. The van der Waals surface area contributed by atoms with Crippen LogP contribution in [-0.4, -0.2) is 14.5 Å². The summed E-state index contributed by atoms with van der Waals surface area (Å²) in [6, 6.07) is 74.0. The van der Waals surface area contributed by atoms with Gasteiger partial charge in [-0.3, -0.25) is 4.57 Å². The highest BCUT2D eigenvalue weighted by molar-refractivity contribution is 7.99. The van der Waals surface area contributed by atoms with Gasteiger partial charge in [0, 0.05) is 36.2 Å². The average molecular weight is 848 g/mol. The van der Waals surface area contributed by atoms with Crippen molar-refractivity contribution in [3.8, 4) is 28.3 Å². The molecule has 4 heterocycles. The quantitative estimate of drug-likeness (QED) is 0.162. The third-order valence-corrected chi connectivity index (χ3v) is 16.4. The molecule has 0 N–H and O–H groups in total. The zero-order chi connectivity index (χ0) is 41.7. The number of para-hydroxylation sites is 1. The van der Waals surface area contributed by atoms with Crippen molar-refractivity contribution in [3.63, 3.8) is 0 Å². The smallest absolute Gasteiger partial charge is 0.235 e. The summed E-state index contributed by atoms with van der Waals surface area (Å²) in [6.45, 7) is 0. The first-order valence-electron chi connectivity index (χ1n) is 21.8. The first-order chi connectivity index (χ1) is 31.8. The fourth-order valence-corrected chi connectivity index (χ4v) is 14.0. The van der Waals surface area contributed by atoms with Crippen LogP contribution in [0.3, 0.4) is 0 Å². The van der Waals surface area contributed by atoms with E-state index in [0.717, 1.165) is 37.9 Å². The number of rotatable bonds is 2. The van der Waals surface area contributed by atoms with Crippen LogP contribution in [0.1, 0.15) is 22.3 Å². The van der Waals surface area contributed by atoms with Gasteiger partial charge in [0.2, 0.25) is 5.95 Å². The number of aromatic nitrogens is 3. The summed E-state index contributed by atoms with van der Waals surface area (Å²) < 4.78 is 4.68. The fourth-order valence-electron chi connectivity index (χ4n) is 11.5. The van der Waals surface area contributed by atoms with Crippen molar-refractivity contribution in [2.45, 2.75) is 15.2 Å². The van der Waals surface area contributed by atoms with Crippen LogP contribution in [0.5, 0.6) is 0 Å². The minimum atomic E-state index is -0.503. The molecular weight excluding hydrogens is 815 g/mol. The van der Waals surface area contributed by atoms with Gasteiger partial charge in [-0.05, 0) is 90.0 Å². The van der Waals surface area contributed by atoms with Crippen molar-refractivity contribution < 1.29 is 0 Å². The molecule has 13 aromatic rings. The van der Waals surface area contributed by atoms with E-state index in [-0.39, 0.29) is 0 Å². The summed E-state index contributed by atoms with van der Waals surface area (Å²) >= 11 is 3.67. The number of fused-ring (bicyclic) bond motifs is 22. The van der Waals surface area contributed by atoms with E-state index in [2.05, 4.69) is 205 Å². The van der Waals surface area contributed by atoms with Gasteiger partial charge in [-0.15, -0.1) is 11.3 Å². The van der Waals surface area contributed by atoms with Crippen LogP contribution in [0.2, 0.25) is 0 Å². The van der Waals surface area contributed by atoms with Crippen molar-refractivity contribution in [1.82, 2.24) is 14.5 Å². The molecule has 3 nitrogen and oxygen atoms in total. The topological polar surface area (TPSA) is 30.7 Å². The number of hydrogen-bond donors (Lipinski definition) is 0. The van der Waals surface area contributed by atoms with Crippen LogP contribution in [0.4, 0.5) is 0 Å². The molecule has 296 valence electrons. The molecule has 0 saturated carbocycles. The normalized spacial score (nSPS) is 13.7. The van der Waals surface area contributed by atoms with Gasteiger partial charge in [0.15, 0.2) is 0 Å². The maximum Gasteiger partial charge on any atom is 0.235 e. The second-order valence-electron chi connectivity index (χ2n) is 17.1. The van der Waals surface area contributed by atoms with E-state index in [1.165, 1.54) is 91.0 Å². The molecule has 5 heteroatoms. The molecule has 3 aromatic heterocycles. The van der Waals surface area contributed by atoms with E-state index in [9.17, 15) is 0 Å². The highest BCUT2D eigenvalue weighted by Crippen LogP contribution is 2.63. The lowest BCUT2D eigenvalue weighted by molar-refractivity contribution is 0.724. The van der Waals surface area contributed by atoms with Crippen LogP contribution in [0.15, 0.2) is 210 Å². The predicted octanol–water partition coefficient (Wildman–Crippen LogP) is 15.9. The number of nitrogens with zero attached hydrogens (tertiary/aromatic N) is 3. The standard InChI is InChI=1S/C59H33N3S2/c1-2-17-37-35(15-1)36-16-3-4-18-38(36)45-33-34(29-30-39(37)45)53-57-54(44-22-8-13-27-51(44)63-57)61-58(60-53)62-50-26-12-7-21-42(50)43-31-32-49-56(55(43)62)64-52-28-14-11-25-48(52)59(49)46-23-9-5-19-40(46)41-20-6-10-24-47(41)59/h1-33H. The molecule has 0 amide bonds. The molecule has 64 heavy (non-hydrogen) atoms. The van der Waals surface area contributed by atoms with Gasteiger partial charge in [-0.1, -0.05) is 188 Å². The van der Waals surface area contributed by atoms with Gasteiger partial charge in [0.05, 0.1) is 32.4 Å². The molecule has 1 aliphatic carbocycles. The van der Waals surface area contributed by atoms with Gasteiger partial charge in [-0.2, -0.15) is 0 Å². The summed E-state index contributed by atoms with van der Waals surface area (Å²) in [4.78, 5) is 13.9. The summed E-state index contributed by atoms with van der Waals surface area (Å²) in [5.74, 6) is 0.676. The second-order valence-corrected chi connectivity index (χ2v) is 19.2. The van der Waals surface area contributed by atoms with E-state index in [1.807, 2.05) is 11.8 Å². The first kappa shape index (κ1) is 35.0. The third kappa shape index (κ3) is 4.42. The molecule has 2 aliphatic rings. The SMILES string of the molecule is c1ccc2c(c1)Sc1c(ccc3c4ccccc4n(-c4nc(-c5ccc6c7ccccc7c7ccccc7c6c5)c5sc6ccccc6c5n4)c13)C21c2ccccc2-c2ccccc21. The molecule has 0 radical (unpaired) electrons. The Kier molecular flexibility index (Phi) is 6.97. The van der Waals surface area contributed by atoms with Crippen molar-refractivity contribution >= 4 is 97.5 Å². The summed E-state index contributed by atoms with van der Waals surface area (Å²) in [6.07, 6.45) is 0. The zero-order valence-electron chi connectivity index (χ0n) is 34.2. The Bertz CT molecular complexity index is 4110. The number of thiophene rings is 1. The third-order valence-electron chi connectivity index (χ3n) is 14.1. The van der Waals surface area contributed by atoms with Crippen molar-refractivity contribution in [2.24, 2.45) is 0 Å². The monoisotopic (exact) mass is 847 g/mol. The highest BCUT2D eigenvalue weighted by atomic mass is 32.2. The molecule has 0 saturated heterocycles. The summed E-state index contributed by atoms with van der Waals surface area (Å²) in [5.41, 5.74) is 12.6. The van der Waals surface area contributed by atoms with Crippen molar-refractivity contribution in [1.29, 1.82) is 0 Å². The Morgan fingerprint density at radius 2 is 0.984 bits per heavy atom. The molecule has 0 bridgehead atoms. The van der Waals surface area contributed by atoms with E-state index < -0.39 is 5.41 Å². The highest BCUT2D eigenvalue weighted by Gasteiger charge is 2.50. The molecule has 0 fully saturated rings. The minimum absolute atomic E-state index is 0.503. The van der Waals surface area contributed by atoms with Crippen LogP contribution < -0.4 is 0 Å². The maximum atomic E-state index is 5.77. The van der Waals surface area contributed by atoms with Gasteiger partial charge in [0.1, 0.15) is 0 Å². The van der Waals surface area contributed by atoms with Crippen LogP contribution in [0, 0.1) is 0 Å². The van der Waals surface area contributed by atoms with Gasteiger partial charge < -0.3 is 0 Å². The molecule has 15 rings (SSSR count). The molecule has 0 atom stereocenters. The lowest BCUT2D eigenvalue weighted by Gasteiger charge is -2.40. The fraction of sp³-hybridized carbons (Fsp3) is 0.0169. The van der Waals surface area contributed by atoms with Gasteiger partial charge >= 0.3 is 0 Å². The van der Waals surface area contributed by atoms with Crippen LogP contribution in [0.25, 0.3) is 103 Å². The van der Waals surface area contributed by atoms with E-state index in [4.69, 9.17) is 9.97 Å². The predicted molar refractivity (Wildman–Crippen MR) is 269 cm³/mol. The average Bonchev–Trinajstić information content (AvgIpc) is 4.01. The summed E-state index contributed by atoms with van der Waals surface area (Å²) in [7, 11) is 0. The molecule has 10 aromatic carbocycles. The molecule has 1 aliphatic heterocycles. The zero-order valence-corrected chi connectivity index (χ0v) is 35.8. The Labute approximate surface area is 375 Å². The van der Waals surface area contributed by atoms with Crippen LogP contribution >= 0.6 is 23.1 Å². The number of hydrogen-bond acceptors (Lipinski definition) is 4. The molecule has 1 spiro atoms. The molecule has 0 unspecified atom stereocenters. The lowest BCUT2D eigenvalue weighted by atomic mass is 9.67. The second kappa shape index (κ2) is 12.8. The largest absolute Gasteiger partial charge is 0.277 e. The van der Waals surface area contributed by atoms with Gasteiger partial charge in [-0.25, -0.2) is 9.97 Å². The Morgan fingerprint density at radius 1 is 0.422 bits per heavy atom.